The van der Waals surface area contributed by atoms with Gasteiger partial charge in [-0.25, -0.2) is 0 Å². The van der Waals surface area contributed by atoms with Gasteiger partial charge in [0.25, 0.3) is 0 Å². The smallest absolute Gasteiger partial charge is 0.224 e. The van der Waals surface area contributed by atoms with E-state index in [2.05, 4.69) is 5.32 Å². The van der Waals surface area contributed by atoms with E-state index in [0.29, 0.717) is 18.5 Å². The zero-order valence-corrected chi connectivity index (χ0v) is 9.30. The highest BCUT2D eigenvalue weighted by atomic mass is 16.1. The minimum atomic E-state index is 0.00357. The highest BCUT2D eigenvalue weighted by Gasteiger charge is 2.13. The van der Waals surface area contributed by atoms with Crippen LogP contribution in [0.2, 0.25) is 0 Å². The Bertz CT molecular complexity index is 327. The maximum Gasteiger partial charge on any atom is 0.224 e. The minimum Gasteiger partial charge on any atom is -0.329 e. The maximum atomic E-state index is 11.4. The van der Waals surface area contributed by atoms with E-state index >= 15 is 0 Å². The molecule has 0 aliphatic heterocycles. The summed E-state index contributed by atoms with van der Waals surface area (Å²) in [6.45, 7) is 3.83. The number of nitrogens with one attached hydrogen (secondary N) is 1. The third-order valence-corrected chi connectivity index (χ3v) is 2.38. The molecule has 82 valence electrons. The Morgan fingerprint density at radius 2 is 2.20 bits per heavy atom. The first-order valence-electron chi connectivity index (χ1n) is 5.34. The van der Waals surface area contributed by atoms with Gasteiger partial charge in [0.1, 0.15) is 0 Å². The molecule has 0 bridgehead atoms. The van der Waals surface area contributed by atoms with Crippen LogP contribution in [0, 0.1) is 0 Å². The van der Waals surface area contributed by atoms with Crippen LogP contribution in [-0.2, 0) is 9.59 Å². The molecule has 1 amide bonds. The van der Waals surface area contributed by atoms with Crippen LogP contribution in [0.1, 0.15) is 39.5 Å². The predicted molar refractivity (Wildman–Crippen MR) is 59.1 cm³/mol. The van der Waals surface area contributed by atoms with Gasteiger partial charge in [0, 0.05) is 12.1 Å². The number of allylic oxidation sites excluding steroid dienone is 4. The van der Waals surface area contributed by atoms with Crippen molar-refractivity contribution in [3.8, 4) is 0 Å². The summed E-state index contributed by atoms with van der Waals surface area (Å²) in [5, 5.41) is 2.76. The topological polar surface area (TPSA) is 46.2 Å². The van der Waals surface area contributed by atoms with E-state index in [-0.39, 0.29) is 11.7 Å². The number of rotatable bonds is 4. The summed E-state index contributed by atoms with van der Waals surface area (Å²) in [6, 6.07) is 0. The van der Waals surface area contributed by atoms with E-state index in [1.807, 2.05) is 6.92 Å². The molecule has 3 heteroatoms. The second-order valence-corrected chi connectivity index (χ2v) is 3.79. The molecular formula is C12H17NO2. The van der Waals surface area contributed by atoms with Crippen molar-refractivity contribution in [1.29, 1.82) is 0 Å². The average Bonchev–Trinajstić information content (AvgIpc) is 2.20. The Balaban J connectivity index is 2.46. The molecule has 1 N–H and O–H groups in total. The third-order valence-electron chi connectivity index (χ3n) is 2.38. The fraction of sp³-hybridized carbons (Fsp3) is 0.500. The molecule has 0 unspecified atom stereocenters. The Kier molecular flexibility index (Phi) is 4.28. The highest BCUT2D eigenvalue weighted by Crippen LogP contribution is 2.12. The van der Waals surface area contributed by atoms with Crippen molar-refractivity contribution in [2.45, 2.75) is 39.5 Å². The largest absolute Gasteiger partial charge is 0.329 e. The first kappa shape index (κ1) is 11.7. The number of amides is 1. The number of carbonyl (C=O) groups excluding carboxylic acids is 2. The van der Waals surface area contributed by atoms with Crippen molar-refractivity contribution >= 4 is 11.7 Å². The lowest BCUT2D eigenvalue weighted by molar-refractivity contribution is -0.120. The number of unbranched alkanes of at least 4 members (excludes halogenated alkanes) is 1. The average molecular weight is 207 g/mol. The standard InChI is InChI=1S/C12H17NO2/c1-3-4-5-12(15)13-10-7-6-9(2)11(14)8-10/h6-7H,3-5,8H2,1-2H3,(H,13,15). The molecule has 0 fully saturated rings. The van der Waals surface area contributed by atoms with Crippen LogP contribution in [0.5, 0.6) is 0 Å². The number of hydrogen-bond donors (Lipinski definition) is 1. The second kappa shape index (κ2) is 5.49. The molecule has 0 aromatic heterocycles. The first-order chi connectivity index (χ1) is 7.13. The predicted octanol–water partition coefficient (Wildman–Crippen LogP) is 2.10. The molecule has 0 saturated carbocycles. The van der Waals surface area contributed by atoms with Crippen molar-refractivity contribution in [3.05, 3.63) is 23.4 Å². The summed E-state index contributed by atoms with van der Waals surface area (Å²) in [5.41, 5.74) is 1.47. The van der Waals surface area contributed by atoms with Gasteiger partial charge in [-0.2, -0.15) is 0 Å². The quantitative estimate of drug-likeness (QED) is 0.767. The van der Waals surface area contributed by atoms with E-state index in [1.54, 1.807) is 19.1 Å². The first-order valence-corrected chi connectivity index (χ1v) is 5.34. The summed E-state index contributed by atoms with van der Waals surface area (Å²) in [5.74, 6) is 0.0899. The molecule has 15 heavy (non-hydrogen) atoms. The monoisotopic (exact) mass is 207 g/mol. The van der Waals surface area contributed by atoms with Crippen molar-refractivity contribution in [1.82, 2.24) is 5.32 Å². The fourth-order valence-electron chi connectivity index (χ4n) is 1.35. The summed E-state index contributed by atoms with van der Waals surface area (Å²) < 4.78 is 0. The van der Waals surface area contributed by atoms with Crippen LogP contribution in [0.4, 0.5) is 0 Å². The van der Waals surface area contributed by atoms with Gasteiger partial charge in [0.15, 0.2) is 5.78 Å². The molecule has 1 aliphatic carbocycles. The van der Waals surface area contributed by atoms with E-state index < -0.39 is 0 Å². The molecule has 0 radical (unpaired) electrons. The van der Waals surface area contributed by atoms with Crippen LogP contribution in [-0.4, -0.2) is 11.7 Å². The van der Waals surface area contributed by atoms with Crippen molar-refractivity contribution in [3.63, 3.8) is 0 Å². The number of ketones is 1. The maximum absolute atomic E-state index is 11.4. The van der Waals surface area contributed by atoms with Gasteiger partial charge >= 0.3 is 0 Å². The summed E-state index contributed by atoms with van der Waals surface area (Å²) in [4.78, 5) is 22.7. The molecular weight excluding hydrogens is 190 g/mol. The molecule has 0 aromatic rings. The summed E-state index contributed by atoms with van der Waals surface area (Å²) in [7, 11) is 0. The van der Waals surface area contributed by atoms with Gasteiger partial charge < -0.3 is 5.32 Å². The molecule has 3 nitrogen and oxygen atoms in total. The van der Waals surface area contributed by atoms with Crippen LogP contribution >= 0.6 is 0 Å². The number of Topliss-reactive ketones (excluding diaryl/α,β-unsaturated/α-hetero) is 1. The lowest BCUT2D eigenvalue weighted by atomic mass is 10.0. The molecule has 1 rings (SSSR count). The molecule has 1 aliphatic rings. The van der Waals surface area contributed by atoms with Gasteiger partial charge in [0.05, 0.1) is 6.42 Å². The number of hydrogen-bond acceptors (Lipinski definition) is 2. The van der Waals surface area contributed by atoms with Gasteiger partial charge in [-0.15, -0.1) is 0 Å². The molecule has 0 aromatic carbocycles. The zero-order valence-electron chi connectivity index (χ0n) is 9.30. The van der Waals surface area contributed by atoms with E-state index in [9.17, 15) is 9.59 Å². The van der Waals surface area contributed by atoms with Crippen LogP contribution < -0.4 is 5.32 Å². The Morgan fingerprint density at radius 1 is 1.47 bits per heavy atom. The van der Waals surface area contributed by atoms with Gasteiger partial charge in [0.2, 0.25) is 5.91 Å². The lowest BCUT2D eigenvalue weighted by Gasteiger charge is -2.12. The molecule has 0 spiro atoms. The number of carbonyl (C=O) groups is 2. The lowest BCUT2D eigenvalue weighted by Crippen LogP contribution is -2.25. The molecule has 0 atom stereocenters. The van der Waals surface area contributed by atoms with Crippen molar-refractivity contribution in [2.24, 2.45) is 0 Å². The van der Waals surface area contributed by atoms with E-state index in [1.165, 1.54) is 0 Å². The van der Waals surface area contributed by atoms with Gasteiger partial charge in [-0.05, 0) is 25.0 Å². The van der Waals surface area contributed by atoms with Crippen LogP contribution in [0.15, 0.2) is 23.4 Å². The van der Waals surface area contributed by atoms with Crippen molar-refractivity contribution in [2.75, 3.05) is 0 Å². The Morgan fingerprint density at radius 3 is 2.80 bits per heavy atom. The summed E-state index contributed by atoms with van der Waals surface area (Å²) >= 11 is 0. The van der Waals surface area contributed by atoms with Gasteiger partial charge in [-0.3, -0.25) is 9.59 Å². The Hall–Kier alpha value is -1.38. The Labute approximate surface area is 90.2 Å². The van der Waals surface area contributed by atoms with E-state index in [0.717, 1.165) is 18.4 Å². The highest BCUT2D eigenvalue weighted by molar-refractivity contribution is 5.98. The van der Waals surface area contributed by atoms with E-state index in [4.69, 9.17) is 0 Å². The zero-order chi connectivity index (χ0) is 11.3. The fourth-order valence-corrected chi connectivity index (χ4v) is 1.35. The summed E-state index contributed by atoms with van der Waals surface area (Å²) in [6.07, 6.45) is 6.30. The molecule has 0 heterocycles. The van der Waals surface area contributed by atoms with Gasteiger partial charge in [-0.1, -0.05) is 19.4 Å². The minimum absolute atomic E-state index is 0.00357. The van der Waals surface area contributed by atoms with Crippen LogP contribution in [0.3, 0.4) is 0 Å². The normalized spacial score (nSPS) is 15.7. The van der Waals surface area contributed by atoms with Crippen molar-refractivity contribution < 1.29 is 9.59 Å². The molecule has 0 saturated heterocycles. The SMILES string of the molecule is CCCCC(=O)NC1=CC=C(C)C(=O)C1. The third kappa shape index (κ3) is 3.70. The van der Waals surface area contributed by atoms with Crippen LogP contribution in [0.25, 0.3) is 0 Å². The second-order valence-electron chi connectivity index (χ2n) is 3.79.